The Hall–Kier alpha value is -1.06. The molecule has 0 aromatic rings. The lowest BCUT2D eigenvalue weighted by Crippen LogP contribution is -2.13. The molecule has 23 heavy (non-hydrogen) atoms. The maximum Gasteiger partial charge on any atom is 0.305 e. The van der Waals surface area contributed by atoms with E-state index in [1.165, 1.54) is 25.7 Å². The second-order valence-corrected chi connectivity index (χ2v) is 6.46. The van der Waals surface area contributed by atoms with Gasteiger partial charge in [0.05, 0.1) is 13.2 Å². The summed E-state index contributed by atoms with van der Waals surface area (Å²) in [4.78, 5) is 22.7. The average Bonchev–Trinajstić information content (AvgIpc) is 2.49. The van der Waals surface area contributed by atoms with Gasteiger partial charge in [0, 0.05) is 12.8 Å². The molecule has 0 aromatic heterocycles. The van der Waals surface area contributed by atoms with Gasteiger partial charge in [-0.25, -0.2) is 0 Å². The summed E-state index contributed by atoms with van der Waals surface area (Å²) in [6.07, 6.45) is 8.77. The van der Waals surface area contributed by atoms with Crippen molar-refractivity contribution in [3.05, 3.63) is 0 Å². The lowest BCUT2D eigenvalue weighted by Gasteiger charge is -2.20. The smallest absolute Gasteiger partial charge is 0.305 e. The quantitative estimate of drug-likeness (QED) is 0.336. The Kier molecular flexibility index (Phi) is 13.9. The Morgan fingerprint density at radius 3 is 1.83 bits per heavy atom. The molecule has 0 amide bonds. The van der Waals surface area contributed by atoms with E-state index in [0.717, 1.165) is 19.3 Å². The van der Waals surface area contributed by atoms with Crippen LogP contribution in [0.2, 0.25) is 0 Å². The van der Waals surface area contributed by atoms with Gasteiger partial charge in [0.1, 0.15) is 0 Å². The molecule has 4 heteroatoms. The first-order chi connectivity index (χ1) is 11.0. The van der Waals surface area contributed by atoms with Gasteiger partial charge in [-0.3, -0.25) is 9.59 Å². The SMILES string of the molecule is CCOC(=O)CCCCCCCC(CCC(=O)OCC)C(C)C. The largest absolute Gasteiger partial charge is 0.466 e. The summed E-state index contributed by atoms with van der Waals surface area (Å²) in [5.74, 6) is 1.05. The van der Waals surface area contributed by atoms with Gasteiger partial charge >= 0.3 is 11.9 Å². The first-order valence-corrected chi connectivity index (χ1v) is 9.32. The zero-order chi connectivity index (χ0) is 17.5. The Labute approximate surface area is 142 Å². The molecule has 1 unspecified atom stereocenters. The van der Waals surface area contributed by atoms with Crippen molar-refractivity contribution in [1.29, 1.82) is 0 Å². The maximum atomic E-state index is 11.5. The van der Waals surface area contributed by atoms with Crippen LogP contribution in [-0.4, -0.2) is 25.2 Å². The predicted octanol–water partition coefficient (Wildman–Crippen LogP) is 4.90. The second kappa shape index (κ2) is 14.5. The van der Waals surface area contributed by atoms with Crippen LogP contribution in [0.1, 0.15) is 85.5 Å². The van der Waals surface area contributed by atoms with Crippen LogP contribution in [0.5, 0.6) is 0 Å². The van der Waals surface area contributed by atoms with Gasteiger partial charge in [-0.05, 0) is 38.5 Å². The van der Waals surface area contributed by atoms with Crippen molar-refractivity contribution in [1.82, 2.24) is 0 Å². The number of carbonyl (C=O) groups is 2. The Morgan fingerprint density at radius 1 is 0.739 bits per heavy atom. The molecular weight excluding hydrogens is 292 g/mol. The minimum Gasteiger partial charge on any atom is -0.466 e. The van der Waals surface area contributed by atoms with E-state index in [2.05, 4.69) is 13.8 Å². The summed E-state index contributed by atoms with van der Waals surface area (Å²) < 4.78 is 9.92. The fourth-order valence-electron chi connectivity index (χ4n) is 2.79. The minimum absolute atomic E-state index is 0.0721. The molecule has 0 bridgehead atoms. The Balaban J connectivity index is 3.68. The van der Waals surface area contributed by atoms with Crippen molar-refractivity contribution >= 4 is 11.9 Å². The molecule has 0 radical (unpaired) electrons. The molecule has 0 aliphatic heterocycles. The van der Waals surface area contributed by atoms with Crippen molar-refractivity contribution in [3.63, 3.8) is 0 Å². The Morgan fingerprint density at radius 2 is 1.26 bits per heavy atom. The number of esters is 2. The van der Waals surface area contributed by atoms with Gasteiger partial charge in [-0.1, -0.05) is 46.0 Å². The third-order valence-electron chi connectivity index (χ3n) is 4.23. The summed E-state index contributed by atoms with van der Waals surface area (Å²) >= 11 is 0. The second-order valence-electron chi connectivity index (χ2n) is 6.46. The lowest BCUT2D eigenvalue weighted by atomic mass is 9.86. The van der Waals surface area contributed by atoms with Crippen LogP contribution in [0.3, 0.4) is 0 Å². The van der Waals surface area contributed by atoms with Crippen LogP contribution in [0, 0.1) is 11.8 Å². The predicted molar refractivity (Wildman–Crippen MR) is 93.1 cm³/mol. The first kappa shape index (κ1) is 21.9. The fraction of sp³-hybridized carbons (Fsp3) is 0.895. The van der Waals surface area contributed by atoms with E-state index >= 15 is 0 Å². The van der Waals surface area contributed by atoms with E-state index < -0.39 is 0 Å². The van der Waals surface area contributed by atoms with E-state index in [9.17, 15) is 9.59 Å². The lowest BCUT2D eigenvalue weighted by molar-refractivity contribution is -0.144. The minimum atomic E-state index is -0.0775. The van der Waals surface area contributed by atoms with Crippen LogP contribution >= 0.6 is 0 Å². The maximum absolute atomic E-state index is 11.5. The molecule has 0 aromatic carbocycles. The summed E-state index contributed by atoms with van der Waals surface area (Å²) in [7, 11) is 0. The van der Waals surface area contributed by atoms with E-state index in [1.54, 1.807) is 0 Å². The summed E-state index contributed by atoms with van der Waals surface area (Å²) in [6, 6.07) is 0. The standard InChI is InChI=1S/C19H36O4/c1-5-22-18(20)13-11-9-7-8-10-12-17(16(3)4)14-15-19(21)23-6-2/h16-17H,5-15H2,1-4H3. The number of carbonyl (C=O) groups excluding carboxylic acids is 2. The molecule has 0 spiro atoms. The highest BCUT2D eigenvalue weighted by Crippen LogP contribution is 2.24. The van der Waals surface area contributed by atoms with Gasteiger partial charge in [-0.2, -0.15) is 0 Å². The topological polar surface area (TPSA) is 52.6 Å². The number of rotatable bonds is 14. The van der Waals surface area contributed by atoms with Crippen LogP contribution < -0.4 is 0 Å². The van der Waals surface area contributed by atoms with Gasteiger partial charge in [0.15, 0.2) is 0 Å². The van der Waals surface area contributed by atoms with E-state index in [0.29, 0.717) is 37.9 Å². The van der Waals surface area contributed by atoms with Crippen molar-refractivity contribution in [2.24, 2.45) is 11.8 Å². The van der Waals surface area contributed by atoms with Gasteiger partial charge in [0.25, 0.3) is 0 Å². The van der Waals surface area contributed by atoms with Crippen molar-refractivity contribution in [3.8, 4) is 0 Å². The van der Waals surface area contributed by atoms with Crippen LogP contribution in [0.25, 0.3) is 0 Å². The molecule has 0 heterocycles. The normalized spacial score (nSPS) is 12.2. The van der Waals surface area contributed by atoms with E-state index in [1.807, 2.05) is 13.8 Å². The molecule has 136 valence electrons. The molecule has 0 saturated heterocycles. The molecule has 1 atom stereocenters. The third kappa shape index (κ3) is 13.1. The average molecular weight is 328 g/mol. The highest BCUT2D eigenvalue weighted by Gasteiger charge is 2.15. The van der Waals surface area contributed by atoms with Crippen LogP contribution in [0.15, 0.2) is 0 Å². The molecule has 4 nitrogen and oxygen atoms in total. The molecule has 0 fully saturated rings. The zero-order valence-electron chi connectivity index (χ0n) is 15.6. The Bertz CT molecular complexity index is 312. The molecule has 0 saturated carbocycles. The van der Waals surface area contributed by atoms with E-state index in [-0.39, 0.29) is 11.9 Å². The first-order valence-electron chi connectivity index (χ1n) is 9.32. The van der Waals surface area contributed by atoms with Crippen LogP contribution in [0.4, 0.5) is 0 Å². The number of hydrogen-bond acceptors (Lipinski definition) is 4. The highest BCUT2D eigenvalue weighted by atomic mass is 16.5. The third-order valence-corrected chi connectivity index (χ3v) is 4.23. The summed E-state index contributed by atoms with van der Waals surface area (Å²) in [5, 5.41) is 0. The molecule has 0 aliphatic carbocycles. The van der Waals surface area contributed by atoms with E-state index in [4.69, 9.17) is 9.47 Å². The number of ether oxygens (including phenoxy) is 2. The van der Waals surface area contributed by atoms with Crippen molar-refractivity contribution in [2.75, 3.05) is 13.2 Å². The zero-order valence-corrected chi connectivity index (χ0v) is 15.6. The van der Waals surface area contributed by atoms with Crippen molar-refractivity contribution in [2.45, 2.75) is 85.5 Å². The molecule has 0 rings (SSSR count). The number of hydrogen-bond donors (Lipinski definition) is 0. The summed E-state index contributed by atoms with van der Waals surface area (Å²) in [6.45, 7) is 9.09. The van der Waals surface area contributed by atoms with Gasteiger partial charge < -0.3 is 9.47 Å². The summed E-state index contributed by atoms with van der Waals surface area (Å²) in [5.41, 5.74) is 0. The number of unbranched alkanes of at least 4 members (excludes halogenated alkanes) is 4. The van der Waals surface area contributed by atoms with Crippen LogP contribution in [-0.2, 0) is 19.1 Å². The molecular formula is C19H36O4. The van der Waals surface area contributed by atoms with Gasteiger partial charge in [0.2, 0.25) is 0 Å². The highest BCUT2D eigenvalue weighted by molar-refractivity contribution is 5.69. The fourth-order valence-corrected chi connectivity index (χ4v) is 2.79. The van der Waals surface area contributed by atoms with Gasteiger partial charge in [-0.15, -0.1) is 0 Å². The van der Waals surface area contributed by atoms with Crippen molar-refractivity contribution < 1.29 is 19.1 Å². The monoisotopic (exact) mass is 328 g/mol. The molecule has 0 N–H and O–H groups in total. The molecule has 0 aliphatic rings.